The van der Waals surface area contributed by atoms with Gasteiger partial charge in [-0.2, -0.15) is 0 Å². The molecule has 1 unspecified atom stereocenters. The predicted octanol–water partition coefficient (Wildman–Crippen LogP) is 1.31. The summed E-state index contributed by atoms with van der Waals surface area (Å²) in [6.45, 7) is 3.57. The Kier molecular flexibility index (Phi) is 5.75. The van der Waals surface area contributed by atoms with E-state index in [4.69, 9.17) is 0 Å². The lowest BCUT2D eigenvalue weighted by Crippen LogP contribution is -2.57. The number of piperidine rings is 1. The standard InChI is InChI=1S/C17H30N4O2/c22-16(15-8-4-5-9-18-15)20-10-12-21(13-11-20)17(23)19-14-6-2-1-3-7-14/h14-15,18H,1-13H2,(H,19,23). The maximum atomic E-state index is 12.5. The van der Waals surface area contributed by atoms with Crippen LogP contribution in [0.3, 0.4) is 0 Å². The van der Waals surface area contributed by atoms with Crippen LogP contribution in [-0.4, -0.2) is 66.5 Å². The first kappa shape index (κ1) is 16.6. The van der Waals surface area contributed by atoms with Gasteiger partial charge in [-0.05, 0) is 32.2 Å². The number of hydrogen-bond donors (Lipinski definition) is 2. The van der Waals surface area contributed by atoms with Crippen molar-refractivity contribution in [2.45, 2.75) is 63.5 Å². The van der Waals surface area contributed by atoms with Crippen molar-refractivity contribution < 1.29 is 9.59 Å². The van der Waals surface area contributed by atoms with Crippen LogP contribution in [0.4, 0.5) is 4.79 Å². The molecule has 6 heteroatoms. The van der Waals surface area contributed by atoms with Gasteiger partial charge in [0.15, 0.2) is 0 Å². The average molecular weight is 322 g/mol. The van der Waals surface area contributed by atoms with Gasteiger partial charge in [-0.3, -0.25) is 4.79 Å². The molecule has 23 heavy (non-hydrogen) atoms. The van der Waals surface area contributed by atoms with Crippen LogP contribution in [-0.2, 0) is 4.79 Å². The van der Waals surface area contributed by atoms with Crippen LogP contribution in [0.5, 0.6) is 0 Å². The van der Waals surface area contributed by atoms with Gasteiger partial charge in [-0.1, -0.05) is 25.7 Å². The van der Waals surface area contributed by atoms with Gasteiger partial charge in [0.25, 0.3) is 0 Å². The summed E-state index contributed by atoms with van der Waals surface area (Å²) in [7, 11) is 0. The van der Waals surface area contributed by atoms with Crippen LogP contribution in [0.25, 0.3) is 0 Å². The molecule has 3 amide bonds. The van der Waals surface area contributed by atoms with Crippen molar-refractivity contribution in [3.05, 3.63) is 0 Å². The lowest BCUT2D eigenvalue weighted by molar-refractivity contribution is -0.135. The van der Waals surface area contributed by atoms with Crippen molar-refractivity contribution in [3.63, 3.8) is 0 Å². The second-order valence-electron chi connectivity index (χ2n) is 7.10. The number of nitrogens with one attached hydrogen (secondary N) is 2. The van der Waals surface area contributed by atoms with Crippen LogP contribution in [0.2, 0.25) is 0 Å². The summed E-state index contributed by atoms with van der Waals surface area (Å²) >= 11 is 0. The van der Waals surface area contributed by atoms with E-state index in [0.717, 1.165) is 32.2 Å². The fourth-order valence-corrected chi connectivity index (χ4v) is 3.93. The average Bonchev–Trinajstić information content (AvgIpc) is 2.63. The van der Waals surface area contributed by atoms with Gasteiger partial charge < -0.3 is 20.4 Å². The first-order valence-electron chi connectivity index (χ1n) is 9.31. The molecule has 2 aliphatic heterocycles. The van der Waals surface area contributed by atoms with Gasteiger partial charge in [0.05, 0.1) is 6.04 Å². The normalized spacial score (nSPS) is 26.9. The van der Waals surface area contributed by atoms with Crippen LogP contribution in [0.15, 0.2) is 0 Å². The Bertz CT molecular complexity index is 409. The molecular formula is C17H30N4O2. The molecule has 3 aliphatic rings. The zero-order valence-electron chi connectivity index (χ0n) is 14.1. The fourth-order valence-electron chi connectivity index (χ4n) is 3.93. The molecule has 3 fully saturated rings. The second-order valence-corrected chi connectivity index (χ2v) is 7.10. The molecule has 0 radical (unpaired) electrons. The molecule has 2 N–H and O–H groups in total. The first-order valence-corrected chi connectivity index (χ1v) is 9.31. The van der Waals surface area contributed by atoms with Crippen molar-refractivity contribution in [3.8, 4) is 0 Å². The summed E-state index contributed by atoms with van der Waals surface area (Å²) in [5, 5.41) is 6.49. The molecule has 0 bridgehead atoms. The van der Waals surface area contributed by atoms with E-state index in [2.05, 4.69) is 10.6 Å². The number of nitrogens with zero attached hydrogens (tertiary/aromatic N) is 2. The van der Waals surface area contributed by atoms with Gasteiger partial charge >= 0.3 is 6.03 Å². The summed E-state index contributed by atoms with van der Waals surface area (Å²) in [5.41, 5.74) is 0. The molecule has 1 saturated carbocycles. The van der Waals surface area contributed by atoms with Crippen molar-refractivity contribution in [2.24, 2.45) is 0 Å². The fraction of sp³-hybridized carbons (Fsp3) is 0.882. The number of rotatable bonds is 2. The molecule has 1 atom stereocenters. The number of piperazine rings is 1. The first-order chi connectivity index (χ1) is 11.2. The Morgan fingerprint density at radius 1 is 0.826 bits per heavy atom. The van der Waals surface area contributed by atoms with Gasteiger partial charge in [0.2, 0.25) is 5.91 Å². The van der Waals surface area contributed by atoms with Gasteiger partial charge in [-0.25, -0.2) is 4.79 Å². The van der Waals surface area contributed by atoms with E-state index < -0.39 is 0 Å². The van der Waals surface area contributed by atoms with E-state index in [1.54, 1.807) is 0 Å². The van der Waals surface area contributed by atoms with Crippen molar-refractivity contribution >= 4 is 11.9 Å². The SMILES string of the molecule is O=C(NC1CCCCC1)N1CCN(C(=O)C2CCCCN2)CC1. The quantitative estimate of drug-likeness (QED) is 0.806. The Morgan fingerprint density at radius 2 is 1.48 bits per heavy atom. The highest BCUT2D eigenvalue weighted by molar-refractivity contribution is 5.82. The summed E-state index contributed by atoms with van der Waals surface area (Å²) in [6, 6.07) is 0.397. The lowest BCUT2D eigenvalue weighted by Gasteiger charge is -2.38. The van der Waals surface area contributed by atoms with Crippen LogP contribution >= 0.6 is 0 Å². The molecule has 0 aromatic heterocycles. The van der Waals surface area contributed by atoms with Crippen molar-refractivity contribution in [1.82, 2.24) is 20.4 Å². The molecule has 130 valence electrons. The predicted molar refractivity (Wildman–Crippen MR) is 89.2 cm³/mol. The summed E-state index contributed by atoms with van der Waals surface area (Å²) in [6.07, 6.45) is 9.20. The third kappa shape index (κ3) is 4.37. The van der Waals surface area contributed by atoms with Gasteiger partial charge in [-0.15, -0.1) is 0 Å². The van der Waals surface area contributed by atoms with E-state index in [1.165, 1.54) is 25.7 Å². The zero-order chi connectivity index (χ0) is 16.1. The molecule has 1 aliphatic carbocycles. The van der Waals surface area contributed by atoms with E-state index in [-0.39, 0.29) is 18.0 Å². The Labute approximate surface area is 139 Å². The number of hydrogen-bond acceptors (Lipinski definition) is 3. The molecule has 0 aromatic rings. The van der Waals surface area contributed by atoms with Crippen molar-refractivity contribution in [2.75, 3.05) is 32.7 Å². The Morgan fingerprint density at radius 3 is 2.13 bits per heavy atom. The molecule has 3 rings (SSSR count). The summed E-state index contributed by atoms with van der Waals surface area (Å²) in [4.78, 5) is 28.6. The second kappa shape index (κ2) is 7.99. The smallest absolute Gasteiger partial charge is 0.317 e. The monoisotopic (exact) mass is 322 g/mol. The highest BCUT2D eigenvalue weighted by atomic mass is 16.2. The minimum absolute atomic E-state index is 0.00800. The molecular weight excluding hydrogens is 292 g/mol. The Balaban J connectivity index is 1.42. The number of carbonyl (C=O) groups is 2. The number of amides is 3. The summed E-state index contributed by atoms with van der Waals surface area (Å²) < 4.78 is 0. The third-order valence-electron chi connectivity index (χ3n) is 5.42. The lowest BCUT2D eigenvalue weighted by atomic mass is 9.96. The van der Waals surface area contributed by atoms with E-state index >= 15 is 0 Å². The Hall–Kier alpha value is -1.30. The molecule has 2 heterocycles. The molecule has 2 saturated heterocycles. The summed E-state index contributed by atoms with van der Waals surface area (Å²) in [5.74, 6) is 0.219. The van der Waals surface area contributed by atoms with Crippen LogP contribution < -0.4 is 10.6 Å². The van der Waals surface area contributed by atoms with Gasteiger partial charge in [0, 0.05) is 32.2 Å². The maximum absolute atomic E-state index is 12.5. The largest absolute Gasteiger partial charge is 0.338 e. The molecule has 0 spiro atoms. The van der Waals surface area contributed by atoms with Crippen LogP contribution in [0.1, 0.15) is 51.4 Å². The number of urea groups is 1. The third-order valence-corrected chi connectivity index (χ3v) is 5.42. The van der Waals surface area contributed by atoms with Crippen molar-refractivity contribution in [1.29, 1.82) is 0 Å². The van der Waals surface area contributed by atoms with E-state index in [9.17, 15) is 9.59 Å². The zero-order valence-corrected chi connectivity index (χ0v) is 14.1. The number of carbonyl (C=O) groups excluding carboxylic acids is 2. The van der Waals surface area contributed by atoms with E-state index in [1.807, 2.05) is 9.80 Å². The van der Waals surface area contributed by atoms with Gasteiger partial charge in [0.1, 0.15) is 0 Å². The highest BCUT2D eigenvalue weighted by Crippen LogP contribution is 2.18. The molecule has 6 nitrogen and oxygen atoms in total. The highest BCUT2D eigenvalue weighted by Gasteiger charge is 2.30. The minimum Gasteiger partial charge on any atom is -0.338 e. The maximum Gasteiger partial charge on any atom is 0.317 e. The molecule has 0 aromatic carbocycles. The van der Waals surface area contributed by atoms with Crippen LogP contribution in [0, 0.1) is 0 Å². The minimum atomic E-state index is -0.00800. The van der Waals surface area contributed by atoms with E-state index in [0.29, 0.717) is 32.2 Å². The topological polar surface area (TPSA) is 64.7 Å².